The van der Waals surface area contributed by atoms with Crippen molar-refractivity contribution in [2.75, 3.05) is 31.6 Å². The summed E-state index contributed by atoms with van der Waals surface area (Å²) in [6.07, 6.45) is 4.50. The van der Waals surface area contributed by atoms with Crippen LogP contribution >= 0.6 is 11.3 Å². The first-order chi connectivity index (χ1) is 14.1. The number of amides is 2. The van der Waals surface area contributed by atoms with Crippen LogP contribution in [0.4, 0.5) is 5.00 Å². The predicted octanol–water partition coefficient (Wildman–Crippen LogP) is 4.18. The van der Waals surface area contributed by atoms with Gasteiger partial charge in [-0.2, -0.15) is 0 Å². The molecular weight excluding hydrogens is 388 g/mol. The average Bonchev–Trinajstić information content (AvgIpc) is 3.10. The standard InChI is InChI=1S/C22H24N2O4S/c1-15-18(22(26)24-10-6-3-7-11-24)21(23-20(25)17-14-27-12-13-28-17)29-19(15)16-8-4-2-5-9-16/h2,4-5,8-9,14H,3,6-7,10-13H2,1H3,(H,23,25). The maximum atomic E-state index is 13.4. The third kappa shape index (κ3) is 4.15. The van der Waals surface area contributed by atoms with Crippen LogP contribution in [0.5, 0.6) is 0 Å². The third-order valence-corrected chi connectivity index (χ3v) is 6.40. The van der Waals surface area contributed by atoms with Crippen LogP contribution < -0.4 is 5.32 Å². The fourth-order valence-corrected chi connectivity index (χ4v) is 4.83. The molecule has 1 N–H and O–H groups in total. The molecule has 1 aromatic carbocycles. The molecule has 3 heterocycles. The summed E-state index contributed by atoms with van der Waals surface area (Å²) in [5, 5.41) is 3.44. The van der Waals surface area contributed by atoms with Gasteiger partial charge < -0.3 is 19.7 Å². The molecule has 1 aromatic heterocycles. The molecular formula is C22H24N2O4S. The highest BCUT2D eigenvalue weighted by Gasteiger charge is 2.28. The van der Waals surface area contributed by atoms with Crippen LogP contribution in [0, 0.1) is 6.92 Å². The number of piperidine rings is 1. The van der Waals surface area contributed by atoms with E-state index in [4.69, 9.17) is 9.47 Å². The van der Waals surface area contributed by atoms with Gasteiger partial charge in [0, 0.05) is 18.0 Å². The highest BCUT2D eigenvalue weighted by molar-refractivity contribution is 7.20. The molecule has 0 bridgehead atoms. The van der Waals surface area contributed by atoms with Gasteiger partial charge in [-0.25, -0.2) is 0 Å². The molecule has 29 heavy (non-hydrogen) atoms. The van der Waals surface area contributed by atoms with Crippen molar-refractivity contribution >= 4 is 28.2 Å². The van der Waals surface area contributed by atoms with Gasteiger partial charge in [0.15, 0.2) is 0 Å². The highest BCUT2D eigenvalue weighted by atomic mass is 32.1. The Bertz CT molecular complexity index is 930. The number of nitrogens with one attached hydrogen (secondary N) is 1. The van der Waals surface area contributed by atoms with Gasteiger partial charge in [0.2, 0.25) is 5.76 Å². The van der Waals surface area contributed by atoms with E-state index >= 15 is 0 Å². The lowest BCUT2D eigenvalue weighted by Crippen LogP contribution is -2.36. The van der Waals surface area contributed by atoms with E-state index in [-0.39, 0.29) is 11.7 Å². The number of nitrogens with zero attached hydrogens (tertiary/aromatic N) is 1. The minimum Gasteiger partial charge on any atom is -0.494 e. The highest BCUT2D eigenvalue weighted by Crippen LogP contribution is 2.41. The van der Waals surface area contributed by atoms with E-state index in [0.717, 1.165) is 48.4 Å². The van der Waals surface area contributed by atoms with E-state index in [2.05, 4.69) is 5.32 Å². The fourth-order valence-electron chi connectivity index (χ4n) is 3.63. The van der Waals surface area contributed by atoms with Crippen LogP contribution in [0.15, 0.2) is 42.4 Å². The fraction of sp³-hybridized carbons (Fsp3) is 0.364. The minimum absolute atomic E-state index is 0.0225. The number of hydrogen-bond acceptors (Lipinski definition) is 5. The number of benzene rings is 1. The second-order valence-corrected chi connectivity index (χ2v) is 8.16. The van der Waals surface area contributed by atoms with Gasteiger partial charge in [-0.1, -0.05) is 30.3 Å². The monoisotopic (exact) mass is 412 g/mol. The SMILES string of the molecule is Cc1c(-c2ccccc2)sc(NC(=O)C2=COCCO2)c1C(=O)N1CCCCC1. The number of hydrogen-bond donors (Lipinski definition) is 1. The Morgan fingerprint density at radius 2 is 1.83 bits per heavy atom. The van der Waals surface area contributed by atoms with Crippen LogP contribution in [0.1, 0.15) is 35.2 Å². The normalized spacial score (nSPS) is 16.4. The molecule has 152 valence electrons. The first kappa shape index (κ1) is 19.5. The van der Waals surface area contributed by atoms with Gasteiger partial charge in [-0.05, 0) is 37.3 Å². The van der Waals surface area contributed by atoms with Crippen LogP contribution in [0.2, 0.25) is 0 Å². The summed E-state index contributed by atoms with van der Waals surface area (Å²) in [6.45, 7) is 4.21. The first-order valence-electron chi connectivity index (χ1n) is 9.89. The third-order valence-electron chi connectivity index (χ3n) is 5.14. The van der Waals surface area contributed by atoms with Crippen molar-refractivity contribution in [2.45, 2.75) is 26.2 Å². The van der Waals surface area contributed by atoms with Crippen molar-refractivity contribution in [1.29, 1.82) is 0 Å². The van der Waals surface area contributed by atoms with E-state index in [1.54, 1.807) is 0 Å². The lowest BCUT2D eigenvalue weighted by molar-refractivity contribution is -0.117. The molecule has 2 aliphatic rings. The summed E-state index contributed by atoms with van der Waals surface area (Å²) in [5.41, 5.74) is 2.49. The second-order valence-electron chi connectivity index (χ2n) is 7.13. The number of rotatable bonds is 4. The van der Waals surface area contributed by atoms with Crippen molar-refractivity contribution in [2.24, 2.45) is 0 Å². The maximum absolute atomic E-state index is 13.4. The smallest absolute Gasteiger partial charge is 0.294 e. The number of anilines is 1. The molecule has 0 saturated carbocycles. The summed E-state index contributed by atoms with van der Waals surface area (Å²) in [6, 6.07) is 9.93. The van der Waals surface area contributed by atoms with E-state index in [0.29, 0.717) is 23.8 Å². The van der Waals surface area contributed by atoms with Crippen molar-refractivity contribution in [1.82, 2.24) is 4.90 Å². The molecule has 4 rings (SSSR count). The number of carbonyl (C=O) groups excluding carboxylic acids is 2. The molecule has 0 atom stereocenters. The molecule has 2 aliphatic heterocycles. The lowest BCUT2D eigenvalue weighted by atomic mass is 10.0. The van der Waals surface area contributed by atoms with Gasteiger partial charge in [-0.3, -0.25) is 9.59 Å². The Balaban J connectivity index is 1.70. The van der Waals surface area contributed by atoms with Crippen LogP contribution in [-0.2, 0) is 14.3 Å². The molecule has 1 saturated heterocycles. The summed E-state index contributed by atoms with van der Waals surface area (Å²) in [7, 11) is 0. The van der Waals surface area contributed by atoms with Crippen LogP contribution in [-0.4, -0.2) is 43.0 Å². The van der Waals surface area contributed by atoms with Crippen LogP contribution in [0.25, 0.3) is 10.4 Å². The Morgan fingerprint density at radius 3 is 2.52 bits per heavy atom. The number of likely N-dealkylation sites (tertiary alicyclic amines) is 1. The number of thiophene rings is 1. The Morgan fingerprint density at radius 1 is 1.07 bits per heavy atom. The molecule has 6 nitrogen and oxygen atoms in total. The molecule has 7 heteroatoms. The number of ether oxygens (including phenoxy) is 2. The van der Waals surface area contributed by atoms with Gasteiger partial charge in [0.1, 0.15) is 24.5 Å². The Hall–Kier alpha value is -2.80. The average molecular weight is 413 g/mol. The summed E-state index contributed by atoms with van der Waals surface area (Å²) < 4.78 is 10.6. The van der Waals surface area contributed by atoms with Gasteiger partial charge in [0.25, 0.3) is 11.8 Å². The van der Waals surface area contributed by atoms with Crippen molar-refractivity contribution in [3.63, 3.8) is 0 Å². The van der Waals surface area contributed by atoms with E-state index in [1.807, 2.05) is 42.2 Å². The Kier molecular flexibility index (Phi) is 5.85. The van der Waals surface area contributed by atoms with Gasteiger partial charge in [0.05, 0.1) is 5.56 Å². The molecule has 0 spiro atoms. The topological polar surface area (TPSA) is 67.9 Å². The van der Waals surface area contributed by atoms with E-state index in [1.165, 1.54) is 17.6 Å². The molecule has 0 radical (unpaired) electrons. The molecule has 2 aromatic rings. The van der Waals surface area contributed by atoms with Crippen LogP contribution in [0.3, 0.4) is 0 Å². The van der Waals surface area contributed by atoms with Crippen molar-refractivity contribution in [3.8, 4) is 10.4 Å². The zero-order valence-electron chi connectivity index (χ0n) is 16.4. The predicted molar refractivity (Wildman–Crippen MR) is 113 cm³/mol. The Labute approximate surface area is 174 Å². The molecule has 2 amide bonds. The first-order valence-corrected chi connectivity index (χ1v) is 10.7. The van der Waals surface area contributed by atoms with E-state index in [9.17, 15) is 9.59 Å². The maximum Gasteiger partial charge on any atom is 0.294 e. The van der Waals surface area contributed by atoms with Crippen molar-refractivity contribution < 1.29 is 19.1 Å². The van der Waals surface area contributed by atoms with Gasteiger partial charge >= 0.3 is 0 Å². The second kappa shape index (κ2) is 8.69. The van der Waals surface area contributed by atoms with Gasteiger partial charge in [-0.15, -0.1) is 11.3 Å². The minimum atomic E-state index is -0.404. The summed E-state index contributed by atoms with van der Waals surface area (Å²) >= 11 is 1.42. The zero-order chi connectivity index (χ0) is 20.2. The zero-order valence-corrected chi connectivity index (χ0v) is 17.2. The quantitative estimate of drug-likeness (QED) is 0.818. The van der Waals surface area contributed by atoms with Crippen molar-refractivity contribution in [3.05, 3.63) is 53.5 Å². The summed E-state index contributed by atoms with van der Waals surface area (Å²) in [4.78, 5) is 28.9. The lowest BCUT2D eigenvalue weighted by Gasteiger charge is -2.27. The molecule has 0 unspecified atom stereocenters. The largest absolute Gasteiger partial charge is 0.494 e. The number of carbonyl (C=O) groups is 2. The molecule has 1 fully saturated rings. The molecule has 0 aliphatic carbocycles. The van der Waals surface area contributed by atoms with E-state index < -0.39 is 5.91 Å². The summed E-state index contributed by atoms with van der Waals surface area (Å²) in [5.74, 6) is -0.302.